The minimum Gasteiger partial charge on any atom is -0.351 e. The number of halogens is 1. The lowest BCUT2D eigenvalue weighted by Crippen LogP contribution is -2.23. The minimum absolute atomic E-state index is 0.0519. The summed E-state index contributed by atoms with van der Waals surface area (Å²) >= 11 is 5.30. The van der Waals surface area contributed by atoms with Crippen LogP contribution in [0.2, 0.25) is 0 Å². The van der Waals surface area contributed by atoms with Crippen molar-refractivity contribution < 1.29 is 4.79 Å². The van der Waals surface area contributed by atoms with Gasteiger partial charge in [0.1, 0.15) is 0 Å². The number of rotatable bonds is 4. The molecule has 0 radical (unpaired) electrons. The van der Waals surface area contributed by atoms with Crippen molar-refractivity contribution in [3.05, 3.63) is 11.6 Å². The number of unbranched alkanes of at least 4 members (excludes halogenated alkanes) is 1. The fraction of sp³-hybridized carbons (Fsp3) is 0.571. The van der Waals surface area contributed by atoms with Crippen LogP contribution < -0.4 is 5.32 Å². The van der Waals surface area contributed by atoms with Gasteiger partial charge in [0.25, 0.3) is 5.91 Å². The Labute approximate surface area is 66.3 Å². The van der Waals surface area contributed by atoms with Gasteiger partial charge >= 0.3 is 0 Å². The maximum atomic E-state index is 10.7. The molecule has 0 heterocycles. The van der Waals surface area contributed by atoms with Crippen LogP contribution in [-0.4, -0.2) is 12.5 Å². The van der Waals surface area contributed by atoms with Crippen LogP contribution in [0.3, 0.4) is 0 Å². The zero-order valence-electron chi connectivity index (χ0n) is 6.11. The highest BCUT2D eigenvalue weighted by molar-refractivity contribution is 6.41. The second-order valence-corrected chi connectivity index (χ2v) is 2.47. The highest BCUT2D eigenvalue weighted by atomic mass is 35.5. The van der Waals surface area contributed by atoms with Crippen molar-refractivity contribution >= 4 is 17.5 Å². The largest absolute Gasteiger partial charge is 0.351 e. The number of carbonyl (C=O) groups excluding carboxylic acids is 1. The molecule has 0 aromatic heterocycles. The molecule has 58 valence electrons. The minimum atomic E-state index is -0.268. The van der Waals surface area contributed by atoms with Gasteiger partial charge in [-0.2, -0.15) is 0 Å². The molecule has 0 aliphatic rings. The number of carbonyl (C=O) groups is 1. The summed E-state index contributed by atoms with van der Waals surface area (Å²) in [5.74, 6) is -0.268. The second kappa shape index (κ2) is 5.30. The maximum Gasteiger partial charge on any atom is 0.262 e. The lowest BCUT2D eigenvalue weighted by Gasteiger charge is -2.00. The SMILES string of the molecule is C=C(Cl)C(=O)NCCCC. The molecule has 0 saturated carbocycles. The van der Waals surface area contributed by atoms with E-state index in [1.54, 1.807) is 0 Å². The molecule has 0 saturated heterocycles. The standard InChI is InChI=1S/C7H12ClNO/c1-3-4-5-9-7(10)6(2)8/h2-5H2,1H3,(H,9,10). The van der Waals surface area contributed by atoms with Gasteiger partial charge in [-0.25, -0.2) is 0 Å². The van der Waals surface area contributed by atoms with Crippen molar-refractivity contribution in [1.29, 1.82) is 0 Å². The van der Waals surface area contributed by atoms with Crippen molar-refractivity contribution in [3.8, 4) is 0 Å². The molecule has 0 atom stereocenters. The first kappa shape index (κ1) is 9.50. The van der Waals surface area contributed by atoms with Crippen molar-refractivity contribution in [1.82, 2.24) is 5.32 Å². The van der Waals surface area contributed by atoms with Crippen molar-refractivity contribution in [2.45, 2.75) is 19.8 Å². The van der Waals surface area contributed by atoms with Crippen LogP contribution in [0.4, 0.5) is 0 Å². The number of nitrogens with one attached hydrogen (secondary N) is 1. The van der Waals surface area contributed by atoms with E-state index in [1.165, 1.54) is 0 Å². The van der Waals surface area contributed by atoms with E-state index in [0.29, 0.717) is 6.54 Å². The Bertz CT molecular complexity index is 134. The lowest BCUT2D eigenvalue weighted by atomic mass is 10.3. The van der Waals surface area contributed by atoms with Crippen LogP contribution in [-0.2, 0) is 4.79 Å². The van der Waals surface area contributed by atoms with Crippen LogP contribution in [0.5, 0.6) is 0 Å². The Morgan fingerprint density at radius 2 is 2.30 bits per heavy atom. The highest BCUT2D eigenvalue weighted by Gasteiger charge is 1.99. The van der Waals surface area contributed by atoms with Gasteiger partial charge < -0.3 is 5.32 Å². The number of amides is 1. The average Bonchev–Trinajstić information content (AvgIpc) is 1.88. The average molecular weight is 162 g/mol. The van der Waals surface area contributed by atoms with Gasteiger partial charge in [0.05, 0.1) is 5.03 Å². The predicted octanol–water partition coefficient (Wildman–Crippen LogP) is 1.66. The summed E-state index contributed by atoms with van der Waals surface area (Å²) in [6, 6.07) is 0. The highest BCUT2D eigenvalue weighted by Crippen LogP contribution is 1.95. The molecule has 0 aliphatic carbocycles. The zero-order chi connectivity index (χ0) is 7.98. The van der Waals surface area contributed by atoms with E-state index in [0.717, 1.165) is 12.8 Å². The molecule has 0 unspecified atom stereocenters. The second-order valence-electron chi connectivity index (χ2n) is 2.01. The number of hydrogen-bond acceptors (Lipinski definition) is 1. The van der Waals surface area contributed by atoms with Crippen LogP contribution in [0.25, 0.3) is 0 Å². The molecule has 0 rings (SSSR count). The Balaban J connectivity index is 3.31. The van der Waals surface area contributed by atoms with E-state index in [4.69, 9.17) is 11.6 Å². The summed E-state index contributed by atoms with van der Waals surface area (Å²) < 4.78 is 0. The van der Waals surface area contributed by atoms with Gasteiger partial charge in [-0.1, -0.05) is 31.5 Å². The van der Waals surface area contributed by atoms with Crippen LogP contribution in [0.1, 0.15) is 19.8 Å². The Kier molecular flexibility index (Phi) is 5.03. The Morgan fingerprint density at radius 1 is 1.70 bits per heavy atom. The molecule has 10 heavy (non-hydrogen) atoms. The maximum absolute atomic E-state index is 10.7. The molecule has 0 aromatic rings. The first-order valence-corrected chi connectivity index (χ1v) is 3.69. The summed E-state index contributed by atoms with van der Waals surface area (Å²) in [4.78, 5) is 10.7. The summed E-state index contributed by atoms with van der Waals surface area (Å²) in [5, 5.41) is 2.66. The van der Waals surface area contributed by atoms with E-state index < -0.39 is 0 Å². The predicted molar refractivity (Wildman–Crippen MR) is 42.9 cm³/mol. The van der Waals surface area contributed by atoms with Gasteiger partial charge in [0.2, 0.25) is 0 Å². The summed E-state index contributed by atoms with van der Waals surface area (Å²) in [5.41, 5.74) is 0. The van der Waals surface area contributed by atoms with Crippen molar-refractivity contribution in [3.63, 3.8) is 0 Å². The monoisotopic (exact) mass is 161 g/mol. The van der Waals surface area contributed by atoms with Gasteiger partial charge in [-0.15, -0.1) is 0 Å². The molecular weight excluding hydrogens is 150 g/mol. The Hall–Kier alpha value is -0.500. The van der Waals surface area contributed by atoms with Crippen LogP contribution >= 0.6 is 11.6 Å². The smallest absolute Gasteiger partial charge is 0.262 e. The van der Waals surface area contributed by atoms with Crippen LogP contribution in [0, 0.1) is 0 Å². The first-order chi connectivity index (χ1) is 4.68. The Morgan fingerprint density at radius 3 is 2.70 bits per heavy atom. The van der Waals surface area contributed by atoms with E-state index in [1.807, 2.05) is 0 Å². The molecular formula is C7H12ClNO. The lowest BCUT2D eigenvalue weighted by molar-refractivity contribution is -0.116. The third kappa shape index (κ3) is 4.39. The quantitative estimate of drug-likeness (QED) is 0.493. The summed E-state index contributed by atoms with van der Waals surface area (Å²) in [7, 11) is 0. The van der Waals surface area contributed by atoms with Gasteiger partial charge in [0.15, 0.2) is 0 Å². The van der Waals surface area contributed by atoms with Gasteiger partial charge in [-0.05, 0) is 6.42 Å². The van der Waals surface area contributed by atoms with Gasteiger partial charge in [0, 0.05) is 6.54 Å². The van der Waals surface area contributed by atoms with Crippen molar-refractivity contribution in [2.24, 2.45) is 0 Å². The van der Waals surface area contributed by atoms with Crippen LogP contribution in [0.15, 0.2) is 11.6 Å². The summed E-state index contributed by atoms with van der Waals surface area (Å²) in [6.07, 6.45) is 2.05. The molecule has 0 bridgehead atoms. The molecule has 3 heteroatoms. The van der Waals surface area contributed by atoms with E-state index >= 15 is 0 Å². The topological polar surface area (TPSA) is 29.1 Å². The fourth-order valence-electron chi connectivity index (χ4n) is 0.475. The number of hydrogen-bond donors (Lipinski definition) is 1. The van der Waals surface area contributed by atoms with E-state index in [9.17, 15) is 4.79 Å². The normalized spacial score (nSPS) is 9.00. The summed E-state index contributed by atoms with van der Waals surface area (Å²) in [6.45, 7) is 6.03. The molecule has 0 aliphatic heterocycles. The molecule has 0 spiro atoms. The van der Waals surface area contributed by atoms with Crippen molar-refractivity contribution in [2.75, 3.05) is 6.54 Å². The molecule has 0 aromatic carbocycles. The van der Waals surface area contributed by atoms with E-state index in [2.05, 4.69) is 18.8 Å². The molecule has 2 nitrogen and oxygen atoms in total. The molecule has 1 N–H and O–H groups in total. The zero-order valence-corrected chi connectivity index (χ0v) is 6.87. The molecule has 0 fully saturated rings. The first-order valence-electron chi connectivity index (χ1n) is 3.31. The fourth-order valence-corrected chi connectivity index (χ4v) is 0.541. The van der Waals surface area contributed by atoms with E-state index in [-0.39, 0.29) is 10.9 Å². The van der Waals surface area contributed by atoms with Gasteiger partial charge in [-0.3, -0.25) is 4.79 Å². The third-order valence-corrected chi connectivity index (χ3v) is 1.23. The third-order valence-electron chi connectivity index (χ3n) is 1.06. The molecule has 1 amide bonds.